The average molecular weight is 327 g/mol. The van der Waals surface area contributed by atoms with Gasteiger partial charge in [-0.15, -0.1) is 0 Å². The van der Waals surface area contributed by atoms with E-state index in [2.05, 4.69) is 99.9 Å². The molecule has 2 aromatic carbocycles. The smallest absolute Gasteiger partial charge is 0.0368 e. The molecule has 0 fully saturated rings. The topological polar surface area (TPSA) is 6.48 Å². The van der Waals surface area contributed by atoms with E-state index in [0.29, 0.717) is 0 Å². The average Bonchev–Trinajstić information content (AvgIpc) is 2.59. The van der Waals surface area contributed by atoms with Gasteiger partial charge in [0.1, 0.15) is 0 Å². The Hall–Kier alpha value is -1.96. The van der Waals surface area contributed by atoms with Gasteiger partial charge in [0.25, 0.3) is 0 Å². The van der Waals surface area contributed by atoms with Crippen LogP contribution in [-0.2, 0) is 0 Å². The van der Waals surface area contributed by atoms with Crippen molar-refractivity contribution in [1.82, 2.24) is 0 Å². The van der Waals surface area contributed by atoms with Crippen LogP contribution in [0.25, 0.3) is 0 Å². The highest BCUT2D eigenvalue weighted by Crippen LogP contribution is 2.15. The fraction of sp³-hybridized carbons (Fsp3) is 0.455. The van der Waals surface area contributed by atoms with E-state index < -0.39 is 0 Å². The van der Waals surface area contributed by atoms with E-state index in [1.165, 1.54) is 22.5 Å². The molecule has 0 bridgehead atoms. The van der Waals surface area contributed by atoms with Crippen molar-refractivity contribution in [3.05, 3.63) is 59.7 Å². The van der Waals surface area contributed by atoms with Crippen LogP contribution in [0.15, 0.2) is 48.5 Å². The van der Waals surface area contributed by atoms with Crippen molar-refractivity contribution < 1.29 is 0 Å². The second-order valence-corrected chi connectivity index (χ2v) is 6.02. The van der Waals surface area contributed by atoms with Crippen LogP contribution in [0.5, 0.6) is 0 Å². The molecule has 2 heteroatoms. The third-order valence-corrected chi connectivity index (χ3v) is 4.29. The van der Waals surface area contributed by atoms with Crippen LogP contribution in [0, 0.1) is 13.8 Å². The van der Waals surface area contributed by atoms with Crippen LogP contribution in [0.3, 0.4) is 0 Å². The normalized spacial score (nSPS) is 9.92. The Balaban J connectivity index is 0.000000240. The predicted molar refractivity (Wildman–Crippen MR) is 109 cm³/mol. The molecule has 0 heterocycles. The number of aryl methyl sites for hydroxylation is 2. The fourth-order valence-corrected chi connectivity index (χ4v) is 2.76. The van der Waals surface area contributed by atoms with E-state index in [9.17, 15) is 0 Å². The highest BCUT2D eigenvalue weighted by molar-refractivity contribution is 5.48. The minimum atomic E-state index is 1.08. The van der Waals surface area contributed by atoms with E-state index >= 15 is 0 Å². The highest BCUT2D eigenvalue weighted by Gasteiger charge is 2.00. The minimum absolute atomic E-state index is 1.08. The van der Waals surface area contributed by atoms with Gasteiger partial charge < -0.3 is 9.80 Å². The highest BCUT2D eigenvalue weighted by atomic mass is 15.1. The van der Waals surface area contributed by atoms with Crippen LogP contribution >= 0.6 is 0 Å². The maximum atomic E-state index is 2.35. The molecule has 2 rings (SSSR count). The second-order valence-electron chi connectivity index (χ2n) is 6.02. The summed E-state index contributed by atoms with van der Waals surface area (Å²) in [5, 5.41) is 0. The Morgan fingerprint density at radius 3 is 1.54 bits per heavy atom. The van der Waals surface area contributed by atoms with Crippen molar-refractivity contribution in [1.29, 1.82) is 0 Å². The largest absolute Gasteiger partial charge is 0.372 e. The predicted octanol–water partition coefficient (Wildman–Crippen LogP) is 5.68. The molecule has 2 nitrogen and oxygen atoms in total. The maximum absolute atomic E-state index is 2.35. The molecule has 0 aliphatic carbocycles. The minimum Gasteiger partial charge on any atom is -0.372 e. The number of nitrogens with zero attached hydrogens (tertiary/aromatic N) is 2. The number of benzene rings is 2. The molecule has 0 saturated heterocycles. The summed E-state index contributed by atoms with van der Waals surface area (Å²) in [6.45, 7) is 17.3. The summed E-state index contributed by atoms with van der Waals surface area (Å²) in [5.74, 6) is 0. The summed E-state index contributed by atoms with van der Waals surface area (Å²) < 4.78 is 0. The van der Waals surface area contributed by atoms with Gasteiger partial charge in [0.2, 0.25) is 0 Å². The van der Waals surface area contributed by atoms with Gasteiger partial charge in [0.15, 0.2) is 0 Å². The first kappa shape index (κ1) is 20.1. The maximum Gasteiger partial charge on any atom is 0.0368 e. The van der Waals surface area contributed by atoms with Gasteiger partial charge in [-0.1, -0.05) is 29.8 Å². The molecule has 0 aromatic heterocycles. The van der Waals surface area contributed by atoms with E-state index in [1.807, 2.05) is 0 Å². The molecular weight excluding hydrogens is 292 g/mol. The molecule has 0 radical (unpaired) electrons. The van der Waals surface area contributed by atoms with Gasteiger partial charge in [-0.2, -0.15) is 0 Å². The zero-order chi connectivity index (χ0) is 17.9. The lowest BCUT2D eigenvalue weighted by Gasteiger charge is -2.21. The van der Waals surface area contributed by atoms with Gasteiger partial charge in [0, 0.05) is 37.6 Å². The first-order chi connectivity index (χ1) is 11.5. The molecule has 0 unspecified atom stereocenters. The summed E-state index contributed by atoms with van der Waals surface area (Å²) in [6, 6.07) is 17.3. The van der Waals surface area contributed by atoms with Gasteiger partial charge in [-0.3, -0.25) is 0 Å². The van der Waals surface area contributed by atoms with Crippen LogP contribution in [-0.4, -0.2) is 26.2 Å². The van der Waals surface area contributed by atoms with Crippen molar-refractivity contribution in [2.45, 2.75) is 41.5 Å². The molecule has 0 aliphatic heterocycles. The lowest BCUT2D eigenvalue weighted by atomic mass is 10.2. The Kier molecular flexibility index (Phi) is 8.99. The standard InChI is InChI=1S/2C11H17N/c1-4-12(5-2)11-8-6-10(3)7-9-11;1-4-12(5-2)11-8-6-7-10(3)9-11/h2*6-9H,4-5H2,1-3H3. The zero-order valence-corrected chi connectivity index (χ0v) is 16.3. The molecule has 0 amide bonds. The fourth-order valence-electron chi connectivity index (χ4n) is 2.76. The molecule has 132 valence electrons. The van der Waals surface area contributed by atoms with Gasteiger partial charge in [-0.05, 0) is 71.4 Å². The third kappa shape index (κ3) is 6.27. The van der Waals surface area contributed by atoms with Gasteiger partial charge in [0.05, 0.1) is 0 Å². The lowest BCUT2D eigenvalue weighted by Crippen LogP contribution is -2.21. The van der Waals surface area contributed by atoms with E-state index in [1.54, 1.807) is 0 Å². The summed E-state index contributed by atoms with van der Waals surface area (Å²) in [7, 11) is 0. The molecular formula is C22H34N2. The zero-order valence-electron chi connectivity index (χ0n) is 16.3. The summed E-state index contributed by atoms with van der Waals surface area (Å²) in [4.78, 5) is 4.70. The van der Waals surface area contributed by atoms with Crippen LogP contribution in [0.2, 0.25) is 0 Å². The van der Waals surface area contributed by atoms with Crippen molar-refractivity contribution in [2.24, 2.45) is 0 Å². The van der Waals surface area contributed by atoms with Crippen molar-refractivity contribution in [3.8, 4) is 0 Å². The molecule has 24 heavy (non-hydrogen) atoms. The Morgan fingerprint density at radius 2 is 1.08 bits per heavy atom. The van der Waals surface area contributed by atoms with Crippen LogP contribution < -0.4 is 9.80 Å². The van der Waals surface area contributed by atoms with E-state index in [4.69, 9.17) is 0 Å². The lowest BCUT2D eigenvalue weighted by molar-refractivity contribution is 0.865. The monoisotopic (exact) mass is 326 g/mol. The molecule has 0 N–H and O–H groups in total. The van der Waals surface area contributed by atoms with Gasteiger partial charge in [-0.25, -0.2) is 0 Å². The number of hydrogen-bond acceptors (Lipinski definition) is 2. The summed E-state index contributed by atoms with van der Waals surface area (Å²) in [5.41, 5.74) is 5.32. The van der Waals surface area contributed by atoms with Gasteiger partial charge >= 0.3 is 0 Å². The van der Waals surface area contributed by atoms with Crippen molar-refractivity contribution >= 4 is 11.4 Å². The number of hydrogen-bond donors (Lipinski definition) is 0. The first-order valence-corrected chi connectivity index (χ1v) is 9.18. The summed E-state index contributed by atoms with van der Waals surface area (Å²) in [6.07, 6.45) is 0. The van der Waals surface area contributed by atoms with Crippen LogP contribution in [0.4, 0.5) is 11.4 Å². The van der Waals surface area contributed by atoms with Crippen molar-refractivity contribution in [2.75, 3.05) is 36.0 Å². The first-order valence-electron chi connectivity index (χ1n) is 9.18. The molecule has 0 aliphatic rings. The Morgan fingerprint density at radius 1 is 0.583 bits per heavy atom. The molecule has 2 aromatic rings. The quantitative estimate of drug-likeness (QED) is 0.673. The van der Waals surface area contributed by atoms with Crippen molar-refractivity contribution in [3.63, 3.8) is 0 Å². The Bertz CT molecular complexity index is 567. The summed E-state index contributed by atoms with van der Waals surface area (Å²) >= 11 is 0. The van der Waals surface area contributed by atoms with E-state index in [-0.39, 0.29) is 0 Å². The van der Waals surface area contributed by atoms with Crippen LogP contribution in [0.1, 0.15) is 38.8 Å². The second kappa shape index (κ2) is 10.7. The number of rotatable bonds is 6. The SMILES string of the molecule is CCN(CC)c1ccc(C)cc1.CCN(CC)c1cccc(C)c1. The van der Waals surface area contributed by atoms with E-state index in [0.717, 1.165) is 26.2 Å². The third-order valence-electron chi connectivity index (χ3n) is 4.29. The Labute approximate surface area is 149 Å². The molecule has 0 saturated carbocycles. The molecule has 0 spiro atoms. The molecule has 0 atom stereocenters. The number of anilines is 2.